The molecule has 2 atom stereocenters. The molecule has 1 fully saturated rings. The van der Waals surface area contributed by atoms with Gasteiger partial charge in [0.05, 0.1) is 13.2 Å². The number of nitriles is 1. The first kappa shape index (κ1) is 13.5. The molecular formula is C16H19NO2. The van der Waals surface area contributed by atoms with E-state index in [9.17, 15) is 0 Å². The second kappa shape index (κ2) is 6.84. The van der Waals surface area contributed by atoms with E-state index in [1.54, 1.807) is 0 Å². The molecule has 1 aromatic rings. The van der Waals surface area contributed by atoms with Crippen molar-refractivity contribution in [2.75, 3.05) is 7.11 Å². The summed E-state index contributed by atoms with van der Waals surface area (Å²) in [5, 5.41) is 8.72. The third-order valence-corrected chi connectivity index (χ3v) is 3.56. The summed E-state index contributed by atoms with van der Waals surface area (Å²) >= 11 is 0. The molecule has 0 saturated heterocycles. The van der Waals surface area contributed by atoms with Gasteiger partial charge < -0.3 is 9.47 Å². The first-order chi connectivity index (χ1) is 9.31. The van der Waals surface area contributed by atoms with Crippen LogP contribution in [0.25, 0.3) is 0 Å². The second-order valence-corrected chi connectivity index (χ2v) is 4.92. The van der Waals surface area contributed by atoms with Gasteiger partial charge in [-0.25, -0.2) is 0 Å². The molecule has 0 N–H and O–H groups in total. The van der Waals surface area contributed by atoms with Crippen LogP contribution in [0, 0.1) is 17.2 Å². The van der Waals surface area contributed by atoms with Gasteiger partial charge in [-0.15, -0.1) is 0 Å². The van der Waals surface area contributed by atoms with Crippen molar-refractivity contribution >= 4 is 0 Å². The predicted octanol–water partition coefficient (Wildman–Crippen LogP) is 3.43. The minimum absolute atomic E-state index is 0.215. The smallest absolute Gasteiger partial charge is 0.232 e. The highest BCUT2D eigenvalue weighted by atomic mass is 16.5. The second-order valence-electron chi connectivity index (χ2n) is 4.92. The number of allylic oxidation sites excluding steroid dienone is 1. The van der Waals surface area contributed by atoms with Gasteiger partial charge in [0.2, 0.25) is 5.76 Å². The molecule has 1 aliphatic carbocycles. The molecule has 2 rings (SSSR count). The molecule has 0 aromatic heterocycles. The molecule has 1 aliphatic rings. The Morgan fingerprint density at radius 1 is 1.37 bits per heavy atom. The largest absolute Gasteiger partial charge is 0.493 e. The maximum absolute atomic E-state index is 8.72. The van der Waals surface area contributed by atoms with Gasteiger partial charge in [0.1, 0.15) is 12.3 Å². The molecule has 1 aromatic carbocycles. The van der Waals surface area contributed by atoms with E-state index in [1.165, 1.54) is 25.4 Å². The highest BCUT2D eigenvalue weighted by molar-refractivity contribution is 5.15. The Labute approximate surface area is 114 Å². The summed E-state index contributed by atoms with van der Waals surface area (Å²) in [7, 11) is 1.48. The van der Waals surface area contributed by atoms with Crippen LogP contribution >= 0.6 is 0 Å². The Kier molecular flexibility index (Phi) is 4.85. The van der Waals surface area contributed by atoms with Crippen molar-refractivity contribution in [3.8, 4) is 6.07 Å². The molecule has 1 saturated carbocycles. The topological polar surface area (TPSA) is 42.2 Å². The van der Waals surface area contributed by atoms with Crippen LogP contribution in [-0.4, -0.2) is 13.2 Å². The Balaban J connectivity index is 1.81. The van der Waals surface area contributed by atoms with Gasteiger partial charge in [0.15, 0.2) is 0 Å². The zero-order valence-electron chi connectivity index (χ0n) is 11.2. The lowest BCUT2D eigenvalue weighted by molar-refractivity contribution is 0.134. The highest BCUT2D eigenvalue weighted by Gasteiger charge is 2.25. The molecular weight excluding hydrogens is 238 g/mol. The average Bonchev–Trinajstić information content (AvgIpc) is 2.89. The van der Waals surface area contributed by atoms with Gasteiger partial charge in [-0.3, -0.25) is 0 Å². The molecule has 0 amide bonds. The summed E-state index contributed by atoms with van der Waals surface area (Å²) in [6.07, 6.45) is 6.05. The molecule has 100 valence electrons. The fraction of sp³-hybridized carbons (Fsp3) is 0.438. The lowest BCUT2D eigenvalue weighted by Crippen LogP contribution is -2.06. The molecule has 0 heterocycles. The fourth-order valence-electron chi connectivity index (χ4n) is 2.56. The van der Waals surface area contributed by atoms with Gasteiger partial charge in [0, 0.05) is 0 Å². The van der Waals surface area contributed by atoms with Crippen LogP contribution in [0.4, 0.5) is 0 Å². The minimum Gasteiger partial charge on any atom is -0.493 e. The summed E-state index contributed by atoms with van der Waals surface area (Å²) in [5.41, 5.74) is 1.39. The van der Waals surface area contributed by atoms with Crippen LogP contribution in [0.5, 0.6) is 0 Å². The molecule has 0 aliphatic heterocycles. The number of benzene rings is 1. The summed E-state index contributed by atoms with van der Waals surface area (Å²) in [6.45, 7) is 0. The standard InChI is InChI=1S/C16H19NO2/c1-18-16(11-17)12-19-15-8-7-14(10-15)9-13-5-3-2-4-6-13/h2-6,12,14-15H,7-10H2,1H3. The monoisotopic (exact) mass is 257 g/mol. The summed E-state index contributed by atoms with van der Waals surface area (Å²) in [4.78, 5) is 0. The molecule has 0 spiro atoms. The van der Waals surface area contributed by atoms with E-state index >= 15 is 0 Å². The minimum atomic E-state index is 0.215. The predicted molar refractivity (Wildman–Crippen MR) is 73.1 cm³/mol. The van der Waals surface area contributed by atoms with Crippen molar-refractivity contribution in [3.63, 3.8) is 0 Å². The zero-order valence-corrected chi connectivity index (χ0v) is 11.2. The van der Waals surface area contributed by atoms with Crippen LogP contribution in [0.2, 0.25) is 0 Å². The molecule has 2 unspecified atom stereocenters. The van der Waals surface area contributed by atoms with Crippen LogP contribution in [0.15, 0.2) is 42.4 Å². The third kappa shape index (κ3) is 4.03. The Hall–Kier alpha value is -1.95. The van der Waals surface area contributed by atoms with Crippen molar-refractivity contribution < 1.29 is 9.47 Å². The van der Waals surface area contributed by atoms with Gasteiger partial charge in [-0.2, -0.15) is 5.26 Å². The summed E-state index contributed by atoms with van der Waals surface area (Å²) < 4.78 is 10.5. The SMILES string of the molecule is COC(C#N)=COC1CCC(Cc2ccccc2)C1. The average molecular weight is 257 g/mol. The van der Waals surface area contributed by atoms with E-state index in [0.29, 0.717) is 5.92 Å². The molecule has 3 nitrogen and oxygen atoms in total. The first-order valence-electron chi connectivity index (χ1n) is 6.65. The number of rotatable bonds is 5. The number of hydrogen-bond acceptors (Lipinski definition) is 3. The Morgan fingerprint density at radius 3 is 2.84 bits per heavy atom. The van der Waals surface area contributed by atoms with Gasteiger partial charge in [0.25, 0.3) is 0 Å². The van der Waals surface area contributed by atoms with Crippen molar-refractivity contribution in [2.45, 2.75) is 31.8 Å². The summed E-state index contributed by atoms with van der Waals surface area (Å²) in [6, 6.07) is 12.5. The maximum Gasteiger partial charge on any atom is 0.232 e. The lowest BCUT2D eigenvalue weighted by Gasteiger charge is -2.11. The van der Waals surface area contributed by atoms with E-state index in [4.69, 9.17) is 14.7 Å². The third-order valence-electron chi connectivity index (χ3n) is 3.56. The fourth-order valence-corrected chi connectivity index (χ4v) is 2.56. The number of ether oxygens (including phenoxy) is 2. The van der Waals surface area contributed by atoms with Crippen molar-refractivity contribution in [2.24, 2.45) is 5.92 Å². The normalized spacial score (nSPS) is 22.8. The van der Waals surface area contributed by atoms with Crippen molar-refractivity contribution in [3.05, 3.63) is 47.9 Å². The van der Waals surface area contributed by atoms with E-state index in [2.05, 4.69) is 24.3 Å². The van der Waals surface area contributed by atoms with E-state index in [0.717, 1.165) is 19.3 Å². The van der Waals surface area contributed by atoms with Crippen molar-refractivity contribution in [1.82, 2.24) is 0 Å². The van der Waals surface area contributed by atoms with Crippen molar-refractivity contribution in [1.29, 1.82) is 5.26 Å². The van der Waals surface area contributed by atoms with Crippen LogP contribution in [0.3, 0.4) is 0 Å². The zero-order chi connectivity index (χ0) is 13.5. The number of hydrogen-bond donors (Lipinski definition) is 0. The maximum atomic E-state index is 8.72. The van der Waals surface area contributed by atoms with Crippen LogP contribution in [-0.2, 0) is 15.9 Å². The summed E-state index contributed by atoms with van der Waals surface area (Å²) in [5.74, 6) is 0.903. The molecule has 0 radical (unpaired) electrons. The molecule has 0 bridgehead atoms. The molecule has 19 heavy (non-hydrogen) atoms. The van der Waals surface area contributed by atoms with Gasteiger partial charge in [-0.1, -0.05) is 30.3 Å². The highest BCUT2D eigenvalue weighted by Crippen LogP contribution is 2.30. The molecule has 3 heteroatoms. The lowest BCUT2D eigenvalue weighted by atomic mass is 9.98. The van der Waals surface area contributed by atoms with E-state index in [1.807, 2.05) is 12.1 Å². The van der Waals surface area contributed by atoms with E-state index < -0.39 is 0 Å². The van der Waals surface area contributed by atoms with Gasteiger partial charge >= 0.3 is 0 Å². The van der Waals surface area contributed by atoms with Crippen LogP contribution < -0.4 is 0 Å². The first-order valence-corrected chi connectivity index (χ1v) is 6.65. The van der Waals surface area contributed by atoms with Gasteiger partial charge in [-0.05, 0) is 37.2 Å². The quantitative estimate of drug-likeness (QED) is 0.599. The number of methoxy groups -OCH3 is 1. The Bertz CT molecular complexity index is 461. The number of nitrogens with zero attached hydrogens (tertiary/aromatic N) is 1. The van der Waals surface area contributed by atoms with E-state index in [-0.39, 0.29) is 11.9 Å². The Morgan fingerprint density at radius 2 is 2.16 bits per heavy atom. The van der Waals surface area contributed by atoms with Crippen LogP contribution in [0.1, 0.15) is 24.8 Å².